The van der Waals surface area contributed by atoms with Crippen LogP contribution in [-0.2, 0) is 37.3 Å². The highest BCUT2D eigenvalue weighted by Gasteiger charge is 2.46. The van der Waals surface area contributed by atoms with Crippen LogP contribution < -0.4 is 10.1 Å². The fourth-order valence-corrected chi connectivity index (χ4v) is 7.67. The molecular formula is C30H44ClN5O14P2. The lowest BCUT2D eigenvalue weighted by molar-refractivity contribution is -0.0541. The van der Waals surface area contributed by atoms with Crippen LogP contribution in [0.2, 0.25) is 5.28 Å². The number of benzene rings is 1. The van der Waals surface area contributed by atoms with Gasteiger partial charge in [0.15, 0.2) is 17.8 Å². The van der Waals surface area contributed by atoms with Gasteiger partial charge in [-0.3, -0.25) is 9.13 Å². The quantitative estimate of drug-likeness (QED) is 0.0329. The van der Waals surface area contributed by atoms with Gasteiger partial charge in [0.2, 0.25) is 5.28 Å². The Morgan fingerprint density at radius 3 is 2.31 bits per heavy atom. The number of nitrogens with one attached hydrogen (secondary N) is 1. The molecule has 0 radical (unpaired) electrons. The molecule has 6 N–H and O–H groups in total. The van der Waals surface area contributed by atoms with Crippen molar-refractivity contribution < 1.29 is 67.0 Å². The number of hydrogen-bond acceptors (Lipinski definition) is 15. The van der Waals surface area contributed by atoms with Crippen LogP contribution in [0.3, 0.4) is 0 Å². The fourth-order valence-electron chi connectivity index (χ4n) is 4.93. The normalized spacial score (nSPS) is 20.9. The van der Waals surface area contributed by atoms with Gasteiger partial charge in [-0.1, -0.05) is 18.2 Å². The summed E-state index contributed by atoms with van der Waals surface area (Å²) in [5, 5.41) is 29.1. The van der Waals surface area contributed by atoms with Gasteiger partial charge in [0.05, 0.1) is 77.1 Å². The van der Waals surface area contributed by atoms with Crippen molar-refractivity contribution in [3.63, 3.8) is 0 Å². The summed E-state index contributed by atoms with van der Waals surface area (Å²) in [4.78, 5) is 36.3. The Balaban J connectivity index is 1.27. The first-order chi connectivity index (χ1) is 24.8. The highest BCUT2D eigenvalue weighted by Crippen LogP contribution is 2.55. The Kier molecular flexibility index (Phi) is 16.4. The second-order valence-electron chi connectivity index (χ2n) is 11.4. The van der Waals surface area contributed by atoms with Crippen molar-refractivity contribution in [2.24, 2.45) is 0 Å². The molecule has 0 saturated carbocycles. The minimum Gasteiger partial charge on any atom is -0.491 e. The van der Waals surface area contributed by atoms with E-state index in [0.717, 1.165) is 5.56 Å². The Labute approximate surface area is 304 Å². The molecule has 1 aliphatic heterocycles. The van der Waals surface area contributed by atoms with Crippen molar-refractivity contribution in [3.8, 4) is 5.75 Å². The summed E-state index contributed by atoms with van der Waals surface area (Å²) in [6, 6.07) is 7.12. The minimum absolute atomic E-state index is 0.141. The molecule has 3 heterocycles. The lowest BCUT2D eigenvalue weighted by atomic mass is 10.1. The molecule has 0 bridgehead atoms. The van der Waals surface area contributed by atoms with Crippen molar-refractivity contribution in [1.82, 2.24) is 19.7 Å². The Morgan fingerprint density at radius 2 is 1.65 bits per heavy atom. The monoisotopic (exact) mass is 795 g/mol. The molecule has 1 saturated heterocycles. The molecule has 4 rings (SSSR count). The third-order valence-electron chi connectivity index (χ3n) is 7.37. The smallest absolute Gasteiger partial charge is 0.340 e. The third kappa shape index (κ3) is 13.1. The molecule has 0 spiro atoms. The Bertz CT molecular complexity index is 1680. The maximum atomic E-state index is 12.1. The number of aromatic nitrogens is 4. The van der Waals surface area contributed by atoms with Crippen LogP contribution in [0.15, 0.2) is 43.1 Å². The summed E-state index contributed by atoms with van der Waals surface area (Å²) >= 11 is 6.26. The third-order valence-corrected chi connectivity index (χ3v) is 11.0. The van der Waals surface area contributed by atoms with Crippen LogP contribution in [0.1, 0.15) is 24.8 Å². The first kappa shape index (κ1) is 42.2. The lowest BCUT2D eigenvalue weighted by Crippen LogP contribution is -2.33. The number of ether oxygens (including phenoxy) is 6. The molecule has 0 aliphatic carbocycles. The van der Waals surface area contributed by atoms with E-state index in [-0.39, 0.29) is 17.0 Å². The second-order valence-corrected chi connectivity index (χ2v) is 15.8. The first-order valence-electron chi connectivity index (χ1n) is 16.1. The number of hydrogen-bond donors (Lipinski definition) is 6. The summed E-state index contributed by atoms with van der Waals surface area (Å²) in [5.41, 5.74) is 1.000. The molecule has 19 nitrogen and oxygen atoms in total. The lowest BCUT2D eigenvalue weighted by Gasteiger charge is -2.18. The highest BCUT2D eigenvalue weighted by molar-refractivity contribution is 7.70. The minimum atomic E-state index is -4.87. The average molecular weight is 796 g/mol. The van der Waals surface area contributed by atoms with Crippen molar-refractivity contribution in [2.45, 2.75) is 37.5 Å². The predicted molar refractivity (Wildman–Crippen MR) is 186 cm³/mol. The topological polar surface area (TPSA) is 256 Å². The molecule has 290 valence electrons. The zero-order valence-electron chi connectivity index (χ0n) is 28.3. The van der Waals surface area contributed by atoms with Crippen molar-refractivity contribution in [3.05, 3.63) is 54.0 Å². The number of aliphatic hydroxyl groups is 2. The molecule has 0 amide bonds. The van der Waals surface area contributed by atoms with Gasteiger partial charge < -0.3 is 63.2 Å². The van der Waals surface area contributed by atoms with Crippen LogP contribution in [0.25, 0.3) is 11.0 Å². The Hall–Kier alpha value is -2.58. The van der Waals surface area contributed by atoms with E-state index >= 15 is 0 Å². The number of aliphatic hydroxyl groups excluding tert-OH is 2. The molecule has 1 fully saturated rings. The summed E-state index contributed by atoms with van der Waals surface area (Å²) in [6.07, 6.45) is -2.79. The molecular weight excluding hydrogens is 752 g/mol. The molecule has 22 heteroatoms. The van der Waals surface area contributed by atoms with Gasteiger partial charge in [0.1, 0.15) is 36.5 Å². The van der Waals surface area contributed by atoms with Crippen molar-refractivity contribution in [2.75, 3.05) is 77.3 Å². The second kappa shape index (κ2) is 20.2. The fraction of sp³-hybridized carbons (Fsp3) is 0.567. The molecule has 2 aromatic heterocycles. The zero-order chi connectivity index (χ0) is 37.7. The van der Waals surface area contributed by atoms with E-state index in [1.54, 1.807) is 6.08 Å². The number of fused-ring (bicyclic) bond motifs is 1. The van der Waals surface area contributed by atoms with E-state index in [1.165, 1.54) is 10.9 Å². The van der Waals surface area contributed by atoms with E-state index in [0.29, 0.717) is 76.4 Å². The zero-order valence-corrected chi connectivity index (χ0v) is 30.9. The van der Waals surface area contributed by atoms with E-state index in [1.807, 2.05) is 31.2 Å². The molecule has 1 unspecified atom stereocenters. The van der Waals surface area contributed by atoms with Gasteiger partial charge in [-0.25, -0.2) is 4.68 Å². The SMILES string of the molecule is C=CCOCCOCCOCCOCCOc1cccc([C@H](C)Nc2nc(Cl)nc3c2cnn3[C@@H]2O[C@H](COP(=O)(O)CP(=O)(O)O)[C@@H](O)[C@H]2O)c1. The summed E-state index contributed by atoms with van der Waals surface area (Å²) in [7, 11) is -9.61. The molecule has 1 aromatic carbocycles. The van der Waals surface area contributed by atoms with Gasteiger partial charge in [0, 0.05) is 0 Å². The van der Waals surface area contributed by atoms with Crippen LogP contribution >= 0.6 is 26.8 Å². The summed E-state index contributed by atoms with van der Waals surface area (Å²) < 4.78 is 62.3. The van der Waals surface area contributed by atoms with Crippen LogP contribution in [-0.4, -0.2) is 135 Å². The van der Waals surface area contributed by atoms with Crippen LogP contribution in [0.4, 0.5) is 5.82 Å². The first-order valence-corrected chi connectivity index (χ1v) is 20.1. The van der Waals surface area contributed by atoms with Gasteiger partial charge in [-0.05, 0) is 36.2 Å². The van der Waals surface area contributed by atoms with Gasteiger partial charge >= 0.3 is 15.2 Å². The van der Waals surface area contributed by atoms with Crippen molar-refractivity contribution >= 4 is 43.6 Å². The van der Waals surface area contributed by atoms with E-state index in [9.17, 15) is 24.2 Å². The van der Waals surface area contributed by atoms with E-state index in [4.69, 9.17) is 54.3 Å². The molecule has 3 aromatic rings. The molecule has 52 heavy (non-hydrogen) atoms. The number of anilines is 1. The summed E-state index contributed by atoms with van der Waals surface area (Å²) in [6.45, 7) is 8.68. The standard InChI is InChI=1S/C30H44ClN5O14P2/c1-3-7-44-8-9-45-10-11-46-12-13-47-14-15-48-22-6-4-5-21(16-22)20(2)33-27-23-17-32-36(28(23)35-30(31)34-27)29-26(38)25(37)24(50-29)18-49-52(42,43)19-51(39,40)41/h3-6,16-17,20,24-26,29,37-38H,1,7-15,18-19H2,2H3,(H,42,43)(H,33,34,35)(H2,39,40,41)/t20-,24+,25+,26+,29+/m0/s1. The van der Waals surface area contributed by atoms with Crippen LogP contribution in [0, 0.1) is 0 Å². The Morgan fingerprint density at radius 1 is 1.00 bits per heavy atom. The molecule has 6 atom stereocenters. The predicted octanol–water partition coefficient (Wildman–Crippen LogP) is 2.24. The van der Waals surface area contributed by atoms with Crippen LogP contribution in [0.5, 0.6) is 5.75 Å². The number of nitrogens with zero attached hydrogens (tertiary/aromatic N) is 4. The largest absolute Gasteiger partial charge is 0.491 e. The van der Waals surface area contributed by atoms with E-state index < -0.39 is 52.2 Å². The number of halogens is 1. The van der Waals surface area contributed by atoms with Gasteiger partial charge in [-0.15, -0.1) is 6.58 Å². The maximum Gasteiger partial charge on any atom is 0.340 e. The average Bonchev–Trinajstić information content (AvgIpc) is 3.62. The highest BCUT2D eigenvalue weighted by atomic mass is 35.5. The van der Waals surface area contributed by atoms with Gasteiger partial charge in [0.25, 0.3) is 0 Å². The van der Waals surface area contributed by atoms with E-state index in [2.05, 4.69) is 27.0 Å². The van der Waals surface area contributed by atoms with Gasteiger partial charge in [-0.2, -0.15) is 15.1 Å². The van der Waals surface area contributed by atoms with Crippen molar-refractivity contribution in [1.29, 1.82) is 0 Å². The molecule has 1 aliphatic rings. The maximum absolute atomic E-state index is 12.1. The summed E-state index contributed by atoms with van der Waals surface area (Å²) in [5.74, 6) is -0.480. The number of rotatable bonds is 24.